The van der Waals surface area contributed by atoms with E-state index in [1.807, 2.05) is 13.1 Å². The number of rotatable bonds is 4. The zero-order chi connectivity index (χ0) is 20.0. The normalized spacial score (nSPS) is 15.0. The molecule has 3 aromatic rings. The molecule has 28 heavy (non-hydrogen) atoms. The number of carbonyl (C=O) groups is 1. The van der Waals surface area contributed by atoms with Gasteiger partial charge in [0.25, 0.3) is 5.91 Å². The van der Waals surface area contributed by atoms with Crippen molar-refractivity contribution in [3.8, 4) is 0 Å². The Morgan fingerprint density at radius 2 is 1.86 bits per heavy atom. The van der Waals surface area contributed by atoms with Crippen LogP contribution < -0.4 is 5.32 Å². The van der Waals surface area contributed by atoms with Gasteiger partial charge in [0.1, 0.15) is 5.69 Å². The summed E-state index contributed by atoms with van der Waals surface area (Å²) < 4.78 is 0. The van der Waals surface area contributed by atoms with E-state index in [4.69, 9.17) is 46.4 Å². The Bertz CT molecular complexity index is 1080. The molecule has 9 heteroatoms. The van der Waals surface area contributed by atoms with Gasteiger partial charge in [0.15, 0.2) is 0 Å². The number of aromatic amines is 1. The number of fused-ring (bicyclic) bond motifs is 1. The van der Waals surface area contributed by atoms with Crippen LogP contribution >= 0.6 is 58.2 Å². The van der Waals surface area contributed by atoms with Gasteiger partial charge in [-0.15, -0.1) is 0 Å². The number of carbonyl (C=O) groups excluding carboxylic acids is 1. The maximum absolute atomic E-state index is 12.6. The number of hydrogen-bond donors (Lipinski definition) is 2. The summed E-state index contributed by atoms with van der Waals surface area (Å²) in [6.45, 7) is 1.68. The largest absolute Gasteiger partial charge is 0.349 e. The lowest BCUT2D eigenvalue weighted by Gasteiger charge is -2.36. The molecule has 1 aliphatic rings. The lowest BCUT2D eigenvalue weighted by atomic mass is 10.1. The fraction of sp³-hybridized carbons (Fsp3) is 0.211. The summed E-state index contributed by atoms with van der Waals surface area (Å²) in [6, 6.07) is 9.03. The number of nitrogens with one attached hydrogen (secondary N) is 2. The molecule has 2 aromatic carbocycles. The van der Waals surface area contributed by atoms with E-state index >= 15 is 0 Å². The van der Waals surface area contributed by atoms with Crippen LogP contribution in [0.2, 0.25) is 20.1 Å². The first-order chi connectivity index (χ1) is 13.3. The molecular formula is C19H15Cl4N3OS. The third-order valence-electron chi connectivity index (χ3n) is 4.53. The van der Waals surface area contributed by atoms with Crippen LogP contribution in [0, 0.1) is 0 Å². The number of amides is 1. The van der Waals surface area contributed by atoms with Crippen molar-refractivity contribution < 1.29 is 4.79 Å². The van der Waals surface area contributed by atoms with Gasteiger partial charge in [-0.3, -0.25) is 4.79 Å². The quantitative estimate of drug-likeness (QED) is 0.489. The third-order valence-corrected chi connectivity index (χ3v) is 7.11. The number of H-pyrrole nitrogens is 1. The van der Waals surface area contributed by atoms with Crippen LogP contribution in [0.1, 0.15) is 10.5 Å². The maximum Gasteiger partial charge on any atom is 0.268 e. The van der Waals surface area contributed by atoms with Crippen LogP contribution in [-0.2, 0) is 0 Å². The number of nitrogens with zero attached hydrogens (tertiary/aromatic N) is 1. The second kappa shape index (κ2) is 7.98. The van der Waals surface area contributed by atoms with Crippen molar-refractivity contribution in [2.45, 2.75) is 15.8 Å². The molecule has 4 rings (SSSR count). The molecule has 1 saturated heterocycles. The molecule has 0 saturated carbocycles. The number of likely N-dealkylation sites (tertiary alicyclic amines) is 1. The fourth-order valence-corrected chi connectivity index (χ4v) is 5.11. The van der Waals surface area contributed by atoms with Crippen molar-refractivity contribution in [1.82, 2.24) is 15.2 Å². The number of aromatic nitrogens is 1. The Hall–Kier alpha value is -1.08. The first kappa shape index (κ1) is 20.2. The summed E-state index contributed by atoms with van der Waals surface area (Å²) in [4.78, 5) is 19.5. The minimum absolute atomic E-state index is 0.157. The average Bonchev–Trinajstić information content (AvgIpc) is 3.06. The van der Waals surface area contributed by atoms with Gasteiger partial charge in [-0.2, -0.15) is 0 Å². The van der Waals surface area contributed by atoms with Crippen LogP contribution in [0.3, 0.4) is 0 Å². The highest BCUT2D eigenvalue weighted by Crippen LogP contribution is 2.42. The Morgan fingerprint density at radius 3 is 2.54 bits per heavy atom. The van der Waals surface area contributed by atoms with Gasteiger partial charge in [-0.1, -0.05) is 58.2 Å². The fourth-order valence-electron chi connectivity index (χ4n) is 3.13. The van der Waals surface area contributed by atoms with E-state index in [1.54, 1.807) is 24.3 Å². The van der Waals surface area contributed by atoms with E-state index in [2.05, 4.69) is 15.2 Å². The molecule has 0 spiro atoms. The summed E-state index contributed by atoms with van der Waals surface area (Å²) in [5.41, 5.74) is 1.07. The molecule has 146 valence electrons. The Labute approximate surface area is 186 Å². The predicted molar refractivity (Wildman–Crippen MR) is 118 cm³/mol. The molecule has 2 heterocycles. The number of benzene rings is 2. The molecule has 1 fully saturated rings. The summed E-state index contributed by atoms with van der Waals surface area (Å²) in [7, 11) is 2.01. The number of likely N-dealkylation sites (N-methyl/N-ethyl adjacent to an activating group) is 1. The van der Waals surface area contributed by atoms with Gasteiger partial charge in [-0.05, 0) is 37.4 Å². The topological polar surface area (TPSA) is 48.1 Å². The van der Waals surface area contributed by atoms with E-state index in [-0.39, 0.29) is 11.9 Å². The first-order valence-corrected chi connectivity index (χ1v) is 10.8. The van der Waals surface area contributed by atoms with Crippen LogP contribution in [0.25, 0.3) is 10.9 Å². The molecule has 2 N–H and O–H groups in total. The molecule has 0 bridgehead atoms. The van der Waals surface area contributed by atoms with E-state index < -0.39 is 0 Å². The van der Waals surface area contributed by atoms with E-state index in [0.717, 1.165) is 28.3 Å². The summed E-state index contributed by atoms with van der Waals surface area (Å²) in [5, 5.41) is 5.71. The zero-order valence-electron chi connectivity index (χ0n) is 14.7. The van der Waals surface area contributed by atoms with Gasteiger partial charge >= 0.3 is 0 Å². The van der Waals surface area contributed by atoms with Crippen LogP contribution in [-0.4, -0.2) is 42.0 Å². The van der Waals surface area contributed by atoms with Crippen molar-refractivity contribution >= 4 is 75.0 Å². The monoisotopic (exact) mass is 473 g/mol. The van der Waals surface area contributed by atoms with Crippen LogP contribution in [0.5, 0.6) is 0 Å². The second-order valence-electron chi connectivity index (χ2n) is 6.71. The molecular weight excluding hydrogens is 460 g/mol. The van der Waals surface area contributed by atoms with E-state index in [9.17, 15) is 4.79 Å². The van der Waals surface area contributed by atoms with Crippen molar-refractivity contribution in [1.29, 1.82) is 0 Å². The van der Waals surface area contributed by atoms with E-state index in [0.29, 0.717) is 31.3 Å². The smallest absolute Gasteiger partial charge is 0.268 e. The van der Waals surface area contributed by atoms with Crippen LogP contribution in [0.15, 0.2) is 40.1 Å². The van der Waals surface area contributed by atoms with Crippen molar-refractivity contribution in [3.05, 3.63) is 56.1 Å². The molecule has 1 aromatic heterocycles. The average molecular weight is 475 g/mol. The van der Waals surface area contributed by atoms with Gasteiger partial charge < -0.3 is 15.2 Å². The van der Waals surface area contributed by atoms with Crippen molar-refractivity contribution in [2.75, 3.05) is 20.1 Å². The highest BCUT2D eigenvalue weighted by molar-refractivity contribution is 7.99. The zero-order valence-corrected chi connectivity index (χ0v) is 18.5. The first-order valence-electron chi connectivity index (χ1n) is 8.45. The highest BCUT2D eigenvalue weighted by Gasteiger charge is 2.26. The Morgan fingerprint density at radius 1 is 1.11 bits per heavy atom. The molecule has 1 aliphatic heterocycles. The van der Waals surface area contributed by atoms with E-state index in [1.165, 1.54) is 11.8 Å². The molecule has 1 amide bonds. The molecule has 0 atom stereocenters. The van der Waals surface area contributed by atoms with Crippen LogP contribution in [0.4, 0.5) is 0 Å². The second-order valence-corrected chi connectivity index (χ2v) is 9.42. The lowest BCUT2D eigenvalue weighted by molar-refractivity contribution is 0.0853. The molecule has 0 aliphatic carbocycles. The Balaban J connectivity index is 1.69. The minimum atomic E-state index is -0.165. The SMILES string of the molecule is CN1CC(NC(=O)c2cc3c(Sc4ccc(Cl)cc4Cl)cc(Cl)c(Cl)c3[nH]2)C1. The molecule has 0 unspecified atom stereocenters. The van der Waals surface area contributed by atoms with Crippen molar-refractivity contribution in [3.63, 3.8) is 0 Å². The minimum Gasteiger partial charge on any atom is -0.349 e. The standard InChI is InChI=1S/C19H15Cl4N3OS/c1-26-7-10(8-26)24-19(27)14-5-11-16(6-13(22)17(23)18(11)25-14)28-15-3-2-9(20)4-12(15)21/h2-6,10,25H,7-8H2,1H3,(H,24,27). The summed E-state index contributed by atoms with van der Waals surface area (Å²) in [5.74, 6) is -0.165. The summed E-state index contributed by atoms with van der Waals surface area (Å²) in [6.07, 6.45) is 0. The highest BCUT2D eigenvalue weighted by atomic mass is 35.5. The van der Waals surface area contributed by atoms with Gasteiger partial charge in [0, 0.05) is 33.3 Å². The molecule has 4 nitrogen and oxygen atoms in total. The lowest BCUT2D eigenvalue weighted by Crippen LogP contribution is -2.57. The predicted octanol–water partition coefficient (Wildman–Crippen LogP) is 5.98. The number of hydrogen-bond acceptors (Lipinski definition) is 3. The third kappa shape index (κ3) is 3.97. The van der Waals surface area contributed by atoms with Gasteiger partial charge in [0.2, 0.25) is 0 Å². The Kier molecular flexibility index (Phi) is 5.76. The van der Waals surface area contributed by atoms with Crippen molar-refractivity contribution in [2.24, 2.45) is 0 Å². The maximum atomic E-state index is 12.6. The number of halogens is 4. The summed E-state index contributed by atoms with van der Waals surface area (Å²) >= 11 is 26.4. The van der Waals surface area contributed by atoms with Gasteiger partial charge in [-0.25, -0.2) is 0 Å². The van der Waals surface area contributed by atoms with Gasteiger partial charge in [0.05, 0.1) is 26.6 Å². The molecule has 0 radical (unpaired) electrons.